The van der Waals surface area contributed by atoms with Crippen LogP contribution >= 0.6 is 90.7 Å². The number of carboxylic acid groups (broad SMARTS) is 1. The molecule has 0 bridgehead atoms. The number of aromatic nitrogens is 8. The number of nitrogens with one attached hydrogen (secondary N) is 9. The van der Waals surface area contributed by atoms with Crippen LogP contribution in [0.25, 0.3) is 42.3 Å². The first-order valence-corrected chi connectivity index (χ1v) is 46.2. The molecule has 1 fully saturated rings. The van der Waals surface area contributed by atoms with Crippen LogP contribution in [0.5, 0.6) is 23.0 Å². The van der Waals surface area contributed by atoms with Crippen LogP contribution in [0.15, 0.2) is 130 Å². The quantitative estimate of drug-likeness (QED) is 0.0207. The summed E-state index contributed by atoms with van der Waals surface area (Å²) in [5, 5.41) is 54.0. The molecule has 9 heterocycles. The number of nitrogens with two attached hydrogens (primary N) is 1. The number of thiazole rings is 8. The first kappa shape index (κ1) is 92.0. The van der Waals surface area contributed by atoms with E-state index in [0.717, 1.165) is 95.3 Å². The van der Waals surface area contributed by atoms with Crippen LogP contribution in [-0.4, -0.2) is 147 Å². The topological polar surface area (TPSA) is 434 Å². The molecule has 0 saturated carbocycles. The number of hydrogen-bond donors (Lipinski definition) is 11. The van der Waals surface area contributed by atoms with E-state index in [9.17, 15) is 37.2 Å². The Morgan fingerprint density at radius 1 is 0.463 bits per heavy atom. The lowest BCUT2D eigenvalue weighted by atomic mass is 10.1. The molecular formula is C82H89N19O13S9. The number of sulfonamides is 1. The molecule has 13 aromatic rings. The summed E-state index contributed by atoms with van der Waals surface area (Å²) in [6, 6.07) is 29.3. The van der Waals surface area contributed by atoms with E-state index in [1.54, 1.807) is 74.1 Å². The smallest absolute Gasteiger partial charge is 0.335 e. The minimum Gasteiger partial charge on any atom is -0.495 e. The lowest BCUT2D eigenvalue weighted by Crippen LogP contribution is -2.37. The molecule has 1 aliphatic heterocycles. The van der Waals surface area contributed by atoms with Gasteiger partial charge in [0.1, 0.15) is 23.0 Å². The van der Waals surface area contributed by atoms with Crippen molar-refractivity contribution in [2.45, 2.75) is 106 Å². The van der Waals surface area contributed by atoms with Gasteiger partial charge in [0.2, 0.25) is 27.7 Å². The number of anilines is 11. The largest absolute Gasteiger partial charge is 0.495 e. The number of carbonyl (C=O) groups is 6. The number of hydrogen-bond acceptors (Lipinski definition) is 33. The molecular weight excluding hydrogens is 1750 g/mol. The highest BCUT2D eigenvalue weighted by molar-refractivity contribution is 7.89. The van der Waals surface area contributed by atoms with Crippen LogP contribution in [-0.2, 0) is 31.0 Å². The second-order valence-electron chi connectivity index (χ2n) is 27.4. The van der Waals surface area contributed by atoms with Crippen molar-refractivity contribution in [2.24, 2.45) is 5.14 Å². The Morgan fingerprint density at radius 3 is 1.21 bits per heavy atom. The van der Waals surface area contributed by atoms with Gasteiger partial charge in [-0.25, -0.2) is 58.2 Å². The van der Waals surface area contributed by atoms with Crippen LogP contribution in [0.2, 0.25) is 0 Å². The zero-order valence-electron chi connectivity index (χ0n) is 69.0. The number of piperidine rings is 1. The third kappa shape index (κ3) is 25.9. The summed E-state index contributed by atoms with van der Waals surface area (Å²) in [4.78, 5) is 113. The molecule has 5 aromatic carbocycles. The van der Waals surface area contributed by atoms with Gasteiger partial charge < -0.3 is 76.8 Å². The second kappa shape index (κ2) is 42.8. The average molecular weight is 1840 g/mol. The summed E-state index contributed by atoms with van der Waals surface area (Å²) in [5.74, 6) is 0.435. The molecule has 0 radical (unpaired) electrons. The van der Waals surface area contributed by atoms with Crippen molar-refractivity contribution in [1.29, 1.82) is 0 Å². The van der Waals surface area contributed by atoms with Crippen molar-refractivity contribution in [1.82, 2.24) is 55.4 Å². The van der Waals surface area contributed by atoms with E-state index in [1.807, 2.05) is 100 Å². The van der Waals surface area contributed by atoms with Gasteiger partial charge in [-0.3, -0.25) is 24.0 Å². The van der Waals surface area contributed by atoms with Gasteiger partial charge >= 0.3 is 5.97 Å². The number of carboxylic acids is 1. The Bertz CT molecular complexity index is 6030. The van der Waals surface area contributed by atoms with Crippen molar-refractivity contribution in [2.75, 3.05) is 84.7 Å². The number of primary sulfonamides is 1. The maximum Gasteiger partial charge on any atom is 0.335 e. The first-order chi connectivity index (χ1) is 58.8. The summed E-state index contributed by atoms with van der Waals surface area (Å²) in [5.41, 5.74) is 10.9. The predicted octanol–water partition coefficient (Wildman–Crippen LogP) is 17.8. The molecule has 12 N–H and O–H groups in total. The van der Waals surface area contributed by atoms with Gasteiger partial charge in [-0.15, -0.1) is 56.7 Å². The molecule has 644 valence electrons. The Kier molecular flexibility index (Phi) is 32.0. The van der Waals surface area contributed by atoms with Gasteiger partial charge in [-0.1, -0.05) is 70.8 Å². The number of ether oxygens (including phenoxy) is 4. The molecule has 5 amide bonds. The zero-order valence-corrected chi connectivity index (χ0v) is 76.3. The number of carbonyl (C=O) groups excluding carboxylic acids is 5. The standard InChI is InChI=1S/C24H30N6O3S2.C24H23N5O3S2.C17H16N4O4S2.C17H20N4O3S3/c1-15-21(35-24(26-15)27-16(2)31)19-14-34-23(29-19)28-18-13-17(7-8-20(18)33-3)22(32)25-9-12-30-10-5-4-6-11-30;1-14-21(34-24(26-14)27-15(2)30)19-13-33-23(29-19)28-18-11-17(9-10-20(18)32-3)22(31)25-12-16-7-5-4-6-8-16;1-8-14(27-17(18-8)19-9(2)22)12-7-26-16(21-12)20-11-6-10(15(23)24)4-5-13(11)25-3;1-9(2)24-15-6-5-12(27(18,22)23)7-13(15)20-17-21-14(8-25-17)16-10(3)19-11(4)26-16/h7-8,13-14H,4-6,9-12H2,1-3H3,(H,25,32)(H,28,29)(H,26,27,31);4-11,13H,12H2,1-3H3,(H,25,31)(H,28,29)(H,26,27,30);4-7H,1-3H3,(H,20,21)(H,23,24)(H,18,19,22);5-9H,1-4H3,(H,20,21)(H2,18,22,23). The summed E-state index contributed by atoms with van der Waals surface area (Å²) in [6.07, 6.45) is 3.70. The number of aromatic carboxylic acids is 1. The Labute approximate surface area is 741 Å². The third-order valence-electron chi connectivity index (χ3n) is 17.5. The van der Waals surface area contributed by atoms with E-state index >= 15 is 0 Å². The molecule has 41 heteroatoms. The van der Waals surface area contributed by atoms with Crippen molar-refractivity contribution in [3.05, 3.63) is 175 Å². The predicted molar refractivity (Wildman–Crippen MR) is 492 cm³/mol. The van der Waals surface area contributed by atoms with Gasteiger partial charge in [-0.05, 0) is 153 Å². The number of rotatable bonds is 29. The molecule has 32 nitrogen and oxygen atoms in total. The molecule has 1 aliphatic rings. The van der Waals surface area contributed by atoms with Crippen LogP contribution < -0.4 is 71.9 Å². The highest BCUT2D eigenvalue weighted by Gasteiger charge is 2.23. The molecule has 1 saturated heterocycles. The van der Waals surface area contributed by atoms with Crippen molar-refractivity contribution >= 4 is 195 Å². The fraction of sp³-hybridized carbons (Fsp3) is 0.268. The maximum absolute atomic E-state index is 12.7. The Hall–Kier alpha value is -11.8. The number of likely N-dealkylation sites (tertiary alicyclic amines) is 1. The highest BCUT2D eigenvalue weighted by atomic mass is 32.2. The minimum atomic E-state index is -3.82. The van der Waals surface area contributed by atoms with Crippen LogP contribution in [0.1, 0.15) is 118 Å². The van der Waals surface area contributed by atoms with Crippen molar-refractivity contribution in [3.8, 4) is 65.3 Å². The summed E-state index contributed by atoms with van der Waals surface area (Å²) < 4.78 is 45.4. The fourth-order valence-electron chi connectivity index (χ4n) is 12.0. The van der Waals surface area contributed by atoms with Gasteiger partial charge in [0, 0.05) is 73.1 Å². The van der Waals surface area contributed by atoms with Gasteiger partial charge in [0.05, 0.1) is 131 Å². The van der Waals surface area contributed by atoms with E-state index in [0.29, 0.717) is 106 Å². The molecule has 0 atom stereocenters. The number of nitrogens with zero attached hydrogens (tertiary/aromatic N) is 9. The molecule has 8 aromatic heterocycles. The van der Waals surface area contributed by atoms with Gasteiger partial charge in [0.25, 0.3) is 11.8 Å². The van der Waals surface area contributed by atoms with E-state index in [4.69, 9.17) is 29.2 Å². The average Bonchev–Trinajstić information content (AvgIpc) is 1.80. The lowest BCUT2D eigenvalue weighted by molar-refractivity contribution is -0.115. The van der Waals surface area contributed by atoms with Crippen LogP contribution in [0, 0.1) is 34.6 Å². The van der Waals surface area contributed by atoms with Gasteiger partial charge in [-0.2, -0.15) is 0 Å². The molecule has 123 heavy (non-hydrogen) atoms. The number of benzene rings is 5. The first-order valence-electron chi connectivity index (χ1n) is 37.9. The second-order valence-corrected chi connectivity index (χ2v) is 36.6. The molecule has 0 unspecified atom stereocenters. The summed E-state index contributed by atoms with van der Waals surface area (Å²) >= 11 is 11.3. The van der Waals surface area contributed by atoms with E-state index in [-0.39, 0.29) is 46.1 Å². The third-order valence-corrected chi connectivity index (χ3v) is 25.8. The monoisotopic (exact) mass is 1840 g/mol. The number of amides is 5. The normalized spacial score (nSPS) is 11.8. The van der Waals surface area contributed by atoms with Gasteiger partial charge in [0.15, 0.2) is 35.9 Å². The van der Waals surface area contributed by atoms with Crippen LogP contribution in [0.3, 0.4) is 0 Å². The minimum absolute atomic E-state index is 0.00631. The van der Waals surface area contributed by atoms with E-state index in [2.05, 4.69) is 92.6 Å². The zero-order chi connectivity index (χ0) is 88.2. The number of aryl methyl sites for hydroxylation is 5. The van der Waals surface area contributed by atoms with Crippen molar-refractivity contribution in [3.63, 3.8) is 0 Å². The van der Waals surface area contributed by atoms with Crippen molar-refractivity contribution < 1.29 is 61.2 Å². The van der Waals surface area contributed by atoms with E-state index < -0.39 is 16.0 Å². The fourth-order valence-corrected chi connectivity index (χ4v) is 19.4. The highest BCUT2D eigenvalue weighted by Crippen LogP contribution is 2.42. The Balaban J connectivity index is 0.000000161. The lowest BCUT2D eigenvalue weighted by Gasteiger charge is -2.26. The molecule has 0 spiro atoms. The summed E-state index contributed by atoms with van der Waals surface area (Å²) in [7, 11) is 0.860. The van der Waals surface area contributed by atoms with E-state index in [1.165, 1.54) is 151 Å². The van der Waals surface area contributed by atoms with Crippen LogP contribution in [0.4, 0.5) is 58.7 Å². The molecule has 14 rings (SSSR count). The Morgan fingerprint density at radius 2 is 0.837 bits per heavy atom. The summed E-state index contributed by atoms with van der Waals surface area (Å²) in [6.45, 7) is 21.8. The number of methoxy groups -OCH3 is 3. The maximum atomic E-state index is 12.7. The SMILES string of the molecule is COc1ccc(C(=O)NCCN2CCCCC2)cc1Nc1nc(-c2sc(NC(C)=O)nc2C)cs1.COc1ccc(C(=O)NCc2ccccc2)cc1Nc1nc(-c2sc(NC(C)=O)nc2C)cs1.COc1ccc(C(=O)O)cc1Nc1nc(-c2sc(NC(C)=O)nc2C)cs1.Cc1nc(C)c(-c2csc(Nc3cc(S(N)(=O)=O)ccc3OC(C)C)n2)s1. The molecule has 0 aliphatic carbocycles.